The van der Waals surface area contributed by atoms with Crippen molar-refractivity contribution in [2.75, 3.05) is 0 Å². The molecule has 0 unspecified atom stereocenters. The van der Waals surface area contributed by atoms with Crippen molar-refractivity contribution in [1.82, 2.24) is 0 Å². The molecule has 0 atom stereocenters. The molecule has 0 spiro atoms. The fraction of sp³-hybridized carbons (Fsp3) is 0.0476. The molecule has 0 fully saturated rings. The van der Waals surface area contributed by atoms with Gasteiger partial charge in [-0.2, -0.15) is 0 Å². The third-order valence-electron chi connectivity index (χ3n) is 4.69. The number of hydrogen-bond donors (Lipinski definition) is 0. The first-order valence-corrected chi connectivity index (χ1v) is 7.92. The Kier molecular flexibility index (Phi) is 2.57. The van der Waals surface area contributed by atoms with Crippen LogP contribution in [0.15, 0.2) is 71.1 Å². The number of rotatable bonds is 1. The summed E-state index contributed by atoms with van der Waals surface area (Å²) < 4.78 is 6.30. The quantitative estimate of drug-likeness (QED) is 0.303. The molecule has 23 heavy (non-hydrogen) atoms. The van der Waals surface area contributed by atoms with E-state index in [1.54, 1.807) is 0 Å². The summed E-state index contributed by atoms with van der Waals surface area (Å²) in [5.41, 5.74) is 3.17. The number of benzene rings is 4. The number of hydrogen-bond acceptors (Lipinski definition) is 1. The molecule has 4 aromatic carbocycles. The second-order valence-corrected chi connectivity index (χ2v) is 5.94. The van der Waals surface area contributed by atoms with E-state index < -0.39 is 0 Å². The van der Waals surface area contributed by atoms with Crippen molar-refractivity contribution < 1.29 is 4.42 Å². The molecule has 1 nitrogen and oxygen atoms in total. The molecular weight excluding hydrogens is 279 g/mol. The molecule has 0 amide bonds. The van der Waals surface area contributed by atoms with Crippen LogP contribution in [-0.4, -0.2) is 7.28 Å². The van der Waals surface area contributed by atoms with Gasteiger partial charge in [-0.25, -0.2) is 0 Å². The molecule has 1 radical (unpaired) electrons. The number of para-hydroxylation sites is 1. The van der Waals surface area contributed by atoms with Gasteiger partial charge in [-0.3, -0.25) is 0 Å². The minimum absolute atomic E-state index is 0.950. The molecule has 1 heterocycles. The van der Waals surface area contributed by atoms with Gasteiger partial charge in [-0.05, 0) is 22.2 Å². The van der Waals surface area contributed by atoms with Crippen LogP contribution in [0.4, 0.5) is 0 Å². The minimum Gasteiger partial charge on any atom is -0.455 e. The van der Waals surface area contributed by atoms with Crippen LogP contribution < -0.4 is 5.46 Å². The van der Waals surface area contributed by atoms with E-state index in [0.717, 1.165) is 11.2 Å². The van der Waals surface area contributed by atoms with Gasteiger partial charge in [0, 0.05) is 16.2 Å². The normalized spacial score (nSPS) is 11.7. The topological polar surface area (TPSA) is 13.1 Å². The summed E-state index contributed by atoms with van der Waals surface area (Å²) in [5.74, 6) is 0. The molecular formula is C21H14BO. The minimum atomic E-state index is 0.950. The average molecular weight is 293 g/mol. The van der Waals surface area contributed by atoms with Crippen molar-refractivity contribution in [3.05, 3.63) is 66.7 Å². The molecule has 0 bridgehead atoms. The molecule has 5 rings (SSSR count). The largest absolute Gasteiger partial charge is 0.455 e. The summed E-state index contributed by atoms with van der Waals surface area (Å²) in [4.78, 5) is 0. The van der Waals surface area contributed by atoms with Gasteiger partial charge in [0.15, 0.2) is 0 Å². The van der Waals surface area contributed by atoms with Crippen molar-refractivity contribution >= 4 is 56.2 Å². The predicted molar refractivity (Wildman–Crippen MR) is 100.0 cm³/mol. The van der Waals surface area contributed by atoms with Crippen LogP contribution in [0.1, 0.15) is 0 Å². The standard InChI is InChI=1S/C21H14BO/c1-22-17-12-14-11-10-13-6-2-3-7-15(13)19(14)21-20(17)16-8-4-5-9-18(16)23-21/h2-12H,1H3. The van der Waals surface area contributed by atoms with E-state index >= 15 is 0 Å². The summed E-state index contributed by atoms with van der Waals surface area (Å²) in [6, 6.07) is 23.5. The number of fused-ring (bicyclic) bond motifs is 7. The average Bonchev–Trinajstić information content (AvgIpc) is 3.00. The highest BCUT2D eigenvalue weighted by Crippen LogP contribution is 2.36. The molecule has 5 aromatic rings. The summed E-state index contributed by atoms with van der Waals surface area (Å²) in [5, 5.41) is 7.33. The molecule has 0 aliphatic rings. The Morgan fingerprint density at radius 3 is 2.35 bits per heavy atom. The van der Waals surface area contributed by atoms with E-state index in [1.165, 1.54) is 37.8 Å². The lowest BCUT2D eigenvalue weighted by molar-refractivity contribution is 0.673. The van der Waals surface area contributed by atoms with Crippen LogP contribution in [-0.2, 0) is 0 Å². The van der Waals surface area contributed by atoms with E-state index in [9.17, 15) is 0 Å². The highest BCUT2D eigenvalue weighted by Gasteiger charge is 2.15. The van der Waals surface area contributed by atoms with E-state index in [0.29, 0.717) is 0 Å². The monoisotopic (exact) mass is 293 g/mol. The first-order valence-electron chi connectivity index (χ1n) is 7.92. The van der Waals surface area contributed by atoms with E-state index in [4.69, 9.17) is 4.42 Å². The van der Waals surface area contributed by atoms with Gasteiger partial charge in [-0.1, -0.05) is 72.9 Å². The van der Waals surface area contributed by atoms with E-state index in [1.807, 2.05) is 12.1 Å². The van der Waals surface area contributed by atoms with Gasteiger partial charge >= 0.3 is 0 Å². The second-order valence-electron chi connectivity index (χ2n) is 5.94. The maximum absolute atomic E-state index is 6.30. The van der Waals surface area contributed by atoms with Gasteiger partial charge in [0.1, 0.15) is 18.4 Å². The molecule has 1 aromatic heterocycles. The maximum atomic E-state index is 6.30. The molecule has 0 aliphatic heterocycles. The van der Waals surface area contributed by atoms with Crippen molar-refractivity contribution in [1.29, 1.82) is 0 Å². The smallest absolute Gasteiger partial charge is 0.149 e. The van der Waals surface area contributed by atoms with Gasteiger partial charge in [0.25, 0.3) is 0 Å². The Bertz CT molecular complexity index is 1200. The third-order valence-corrected chi connectivity index (χ3v) is 4.69. The fourth-order valence-corrected chi connectivity index (χ4v) is 3.64. The van der Waals surface area contributed by atoms with E-state index in [-0.39, 0.29) is 0 Å². The zero-order valence-corrected chi connectivity index (χ0v) is 12.8. The highest BCUT2D eigenvalue weighted by molar-refractivity contribution is 6.58. The first-order chi connectivity index (χ1) is 11.4. The molecule has 0 saturated heterocycles. The van der Waals surface area contributed by atoms with Gasteiger partial charge in [0.05, 0.1) is 0 Å². The van der Waals surface area contributed by atoms with Crippen LogP contribution in [0, 0.1) is 0 Å². The van der Waals surface area contributed by atoms with Crippen molar-refractivity contribution in [3.63, 3.8) is 0 Å². The molecule has 2 heteroatoms. The summed E-state index contributed by atoms with van der Waals surface area (Å²) in [7, 11) is 2.17. The highest BCUT2D eigenvalue weighted by atomic mass is 16.3. The Labute approximate surface area is 134 Å². The molecule has 107 valence electrons. The Hall–Kier alpha value is -2.74. The van der Waals surface area contributed by atoms with Crippen molar-refractivity contribution in [2.45, 2.75) is 6.82 Å². The van der Waals surface area contributed by atoms with Crippen LogP contribution >= 0.6 is 0 Å². The lowest BCUT2D eigenvalue weighted by Gasteiger charge is -2.08. The van der Waals surface area contributed by atoms with Crippen LogP contribution in [0.25, 0.3) is 43.5 Å². The molecule has 0 N–H and O–H groups in total. The predicted octanol–water partition coefficient (Wildman–Crippen LogP) is 5.27. The summed E-state index contributed by atoms with van der Waals surface area (Å²) >= 11 is 0. The zero-order valence-electron chi connectivity index (χ0n) is 12.8. The van der Waals surface area contributed by atoms with Crippen LogP contribution in [0.3, 0.4) is 0 Å². The van der Waals surface area contributed by atoms with Crippen molar-refractivity contribution in [2.24, 2.45) is 0 Å². The van der Waals surface area contributed by atoms with Gasteiger partial charge < -0.3 is 4.42 Å². The summed E-state index contributed by atoms with van der Waals surface area (Å²) in [6.45, 7) is 2.09. The molecule has 0 aliphatic carbocycles. The molecule has 0 saturated carbocycles. The fourth-order valence-electron chi connectivity index (χ4n) is 3.64. The van der Waals surface area contributed by atoms with Gasteiger partial charge in [-0.15, -0.1) is 0 Å². The summed E-state index contributed by atoms with van der Waals surface area (Å²) in [6.07, 6.45) is 0. The lowest BCUT2D eigenvalue weighted by atomic mass is 9.70. The van der Waals surface area contributed by atoms with Crippen LogP contribution in [0.2, 0.25) is 6.82 Å². The second kappa shape index (κ2) is 4.63. The Balaban J connectivity index is 2.15. The van der Waals surface area contributed by atoms with Gasteiger partial charge in [0.2, 0.25) is 0 Å². The first kappa shape index (κ1) is 12.8. The number of furan rings is 1. The van der Waals surface area contributed by atoms with E-state index in [2.05, 4.69) is 68.7 Å². The Morgan fingerprint density at radius 2 is 1.48 bits per heavy atom. The lowest BCUT2D eigenvalue weighted by Crippen LogP contribution is -2.11. The SMILES string of the molecule is C[B]c1cc2ccc3ccccc3c2c2oc3ccccc3c12. The van der Waals surface area contributed by atoms with Crippen LogP contribution in [0.5, 0.6) is 0 Å². The van der Waals surface area contributed by atoms with Crippen molar-refractivity contribution in [3.8, 4) is 0 Å². The third kappa shape index (κ3) is 1.69. The maximum Gasteiger partial charge on any atom is 0.149 e. The zero-order chi connectivity index (χ0) is 15.4. The Morgan fingerprint density at radius 1 is 0.739 bits per heavy atom.